The number of rotatable bonds is 11. The van der Waals surface area contributed by atoms with Crippen LogP contribution < -0.4 is 29.1 Å². The van der Waals surface area contributed by atoms with Crippen LogP contribution in [0.4, 0.5) is 5.69 Å². The lowest BCUT2D eigenvalue weighted by atomic mass is 9.95. The number of nitro benzene ring substituents is 1. The lowest BCUT2D eigenvalue weighted by Crippen LogP contribution is -2.40. The standard InChI is InChI=1S/C34H31I2N3O8S/c1-6-45-33(41)29-19(4)37-34-38(30(29)22-10-11-26(47-18(2)3)27(16-22)44-5)32(40)28(48-34)15-21-13-24(35)31(25(36)14-21)46-17-20-8-7-9-23(12-20)39(42)43/h7-16,18,30H,6,17H2,1-5H3/b28-15-/t30-/m0/s1. The van der Waals surface area contributed by atoms with Gasteiger partial charge in [-0.15, -0.1) is 0 Å². The van der Waals surface area contributed by atoms with Gasteiger partial charge in [-0.3, -0.25) is 19.5 Å². The number of hydrogen-bond acceptors (Lipinski definition) is 10. The summed E-state index contributed by atoms with van der Waals surface area (Å²) >= 11 is 5.57. The lowest BCUT2D eigenvalue weighted by molar-refractivity contribution is -0.384. The zero-order valence-electron chi connectivity index (χ0n) is 26.6. The van der Waals surface area contributed by atoms with Crippen molar-refractivity contribution in [2.45, 2.75) is 46.4 Å². The fraction of sp³-hybridized carbons (Fsp3) is 0.265. The molecule has 0 radical (unpaired) electrons. The Hall–Kier alpha value is -3.77. The normalized spacial score (nSPS) is 14.4. The van der Waals surface area contributed by atoms with Crippen molar-refractivity contribution in [3.8, 4) is 17.2 Å². The summed E-state index contributed by atoms with van der Waals surface area (Å²) in [5, 5.41) is 11.2. The van der Waals surface area contributed by atoms with Crippen molar-refractivity contribution in [3.63, 3.8) is 0 Å². The second kappa shape index (κ2) is 15.2. The van der Waals surface area contributed by atoms with E-state index in [-0.39, 0.29) is 36.1 Å². The molecule has 48 heavy (non-hydrogen) atoms. The van der Waals surface area contributed by atoms with E-state index in [1.165, 1.54) is 35.1 Å². The van der Waals surface area contributed by atoms with Gasteiger partial charge in [0.2, 0.25) is 0 Å². The number of nitro groups is 1. The van der Waals surface area contributed by atoms with Crippen LogP contribution in [0.15, 0.2) is 75.7 Å². The Morgan fingerprint density at radius 2 is 1.85 bits per heavy atom. The van der Waals surface area contributed by atoms with Crippen molar-refractivity contribution >= 4 is 74.3 Å². The Bertz CT molecular complexity index is 2100. The van der Waals surface area contributed by atoms with E-state index in [0.717, 1.165) is 12.7 Å². The summed E-state index contributed by atoms with van der Waals surface area (Å²) in [4.78, 5) is 43.3. The van der Waals surface area contributed by atoms with Gasteiger partial charge in [-0.1, -0.05) is 29.5 Å². The van der Waals surface area contributed by atoms with E-state index in [2.05, 4.69) is 50.2 Å². The second-order valence-corrected chi connectivity index (χ2v) is 14.2. The van der Waals surface area contributed by atoms with Gasteiger partial charge >= 0.3 is 5.97 Å². The molecule has 5 rings (SSSR count). The minimum absolute atomic E-state index is 0.000382. The van der Waals surface area contributed by atoms with Crippen LogP contribution in [0.3, 0.4) is 0 Å². The van der Waals surface area contributed by atoms with E-state index in [4.69, 9.17) is 18.9 Å². The van der Waals surface area contributed by atoms with Crippen molar-refractivity contribution in [1.29, 1.82) is 0 Å². The summed E-state index contributed by atoms with van der Waals surface area (Å²) in [6.07, 6.45) is 1.71. The molecular formula is C34H31I2N3O8S. The fourth-order valence-electron chi connectivity index (χ4n) is 5.18. The highest BCUT2D eigenvalue weighted by Gasteiger charge is 2.34. The maximum absolute atomic E-state index is 14.1. The van der Waals surface area contributed by atoms with Crippen molar-refractivity contribution in [2.75, 3.05) is 13.7 Å². The third-order valence-corrected chi connectivity index (χ3v) is 9.79. The van der Waals surface area contributed by atoms with Gasteiger partial charge in [-0.25, -0.2) is 9.79 Å². The SMILES string of the molecule is CCOC(=O)C1=C(C)N=c2s/c(=C\c3cc(I)c(OCc4cccc([N+](=O)[O-])c4)c(I)c3)c(=O)n2[C@H]1c1ccc(OC(C)C)c(OC)c1. The van der Waals surface area contributed by atoms with E-state index in [0.29, 0.717) is 43.4 Å². The number of nitrogens with zero attached hydrogens (tertiary/aromatic N) is 3. The van der Waals surface area contributed by atoms with Crippen LogP contribution in [-0.4, -0.2) is 35.3 Å². The first-order valence-electron chi connectivity index (χ1n) is 14.8. The third-order valence-electron chi connectivity index (χ3n) is 7.21. The van der Waals surface area contributed by atoms with Gasteiger partial charge in [0.15, 0.2) is 16.3 Å². The minimum atomic E-state index is -0.811. The molecule has 1 aliphatic heterocycles. The molecule has 2 heterocycles. The van der Waals surface area contributed by atoms with Crippen LogP contribution in [0.25, 0.3) is 6.08 Å². The van der Waals surface area contributed by atoms with E-state index in [1.54, 1.807) is 44.2 Å². The zero-order chi connectivity index (χ0) is 34.7. The van der Waals surface area contributed by atoms with E-state index in [1.807, 2.05) is 32.0 Å². The first-order chi connectivity index (χ1) is 22.9. The number of benzene rings is 3. The number of allylic oxidation sites excluding steroid dienone is 1. The van der Waals surface area contributed by atoms with Gasteiger partial charge in [-0.2, -0.15) is 0 Å². The maximum atomic E-state index is 14.1. The molecule has 1 aromatic heterocycles. The number of ether oxygens (including phenoxy) is 4. The number of hydrogen-bond donors (Lipinski definition) is 0. The summed E-state index contributed by atoms with van der Waals surface area (Å²) in [5.41, 5.74) is 2.50. The quantitative estimate of drug-likeness (QED) is 0.0744. The molecule has 3 aromatic carbocycles. The molecule has 1 aliphatic rings. The monoisotopic (exact) mass is 895 g/mol. The summed E-state index contributed by atoms with van der Waals surface area (Å²) in [7, 11) is 1.54. The fourth-order valence-corrected chi connectivity index (χ4v) is 8.35. The summed E-state index contributed by atoms with van der Waals surface area (Å²) in [5.74, 6) is 1.10. The number of aromatic nitrogens is 1. The molecule has 0 amide bonds. The summed E-state index contributed by atoms with van der Waals surface area (Å²) in [6.45, 7) is 7.62. The number of fused-ring (bicyclic) bond motifs is 1. The minimum Gasteiger partial charge on any atom is -0.493 e. The highest BCUT2D eigenvalue weighted by molar-refractivity contribution is 14.1. The van der Waals surface area contributed by atoms with Crippen molar-refractivity contribution in [2.24, 2.45) is 4.99 Å². The van der Waals surface area contributed by atoms with E-state index >= 15 is 0 Å². The van der Waals surface area contributed by atoms with Gasteiger partial charge in [0.25, 0.3) is 11.2 Å². The summed E-state index contributed by atoms with van der Waals surface area (Å²) in [6, 6.07) is 14.7. The number of thiazole rings is 1. The molecule has 0 saturated carbocycles. The smallest absolute Gasteiger partial charge is 0.338 e. The average molecular weight is 896 g/mol. The Labute approximate surface area is 307 Å². The molecule has 11 nitrogen and oxygen atoms in total. The van der Waals surface area contributed by atoms with Gasteiger partial charge in [-0.05, 0) is 120 Å². The molecule has 0 aliphatic carbocycles. The molecule has 0 N–H and O–H groups in total. The van der Waals surface area contributed by atoms with E-state index in [9.17, 15) is 19.7 Å². The van der Waals surface area contributed by atoms with Gasteiger partial charge in [0.05, 0.1) is 53.7 Å². The second-order valence-electron chi connectivity index (χ2n) is 10.9. The van der Waals surface area contributed by atoms with Crippen LogP contribution in [0.1, 0.15) is 50.4 Å². The van der Waals surface area contributed by atoms with Gasteiger partial charge in [0.1, 0.15) is 12.4 Å². The van der Waals surface area contributed by atoms with Crippen LogP contribution >= 0.6 is 56.5 Å². The first-order valence-corrected chi connectivity index (χ1v) is 17.8. The lowest BCUT2D eigenvalue weighted by Gasteiger charge is -2.25. The number of non-ortho nitro benzene ring substituents is 1. The van der Waals surface area contributed by atoms with Crippen LogP contribution in [-0.2, 0) is 16.1 Å². The van der Waals surface area contributed by atoms with Gasteiger partial charge in [0, 0.05) is 12.1 Å². The largest absolute Gasteiger partial charge is 0.493 e. The first kappa shape index (κ1) is 35.5. The zero-order valence-corrected chi connectivity index (χ0v) is 31.7. The maximum Gasteiger partial charge on any atom is 0.338 e. The molecule has 0 saturated heterocycles. The molecule has 0 spiro atoms. The highest BCUT2D eigenvalue weighted by Crippen LogP contribution is 2.37. The molecule has 4 aromatic rings. The Morgan fingerprint density at radius 1 is 1.12 bits per heavy atom. The number of esters is 1. The molecule has 0 unspecified atom stereocenters. The molecule has 14 heteroatoms. The van der Waals surface area contributed by atoms with Gasteiger partial charge < -0.3 is 18.9 Å². The number of carbonyl (C=O) groups is 1. The molecule has 0 bridgehead atoms. The Balaban J connectivity index is 1.55. The van der Waals surface area contributed by atoms with Crippen LogP contribution in [0, 0.1) is 17.3 Å². The molecular weight excluding hydrogens is 864 g/mol. The topological polar surface area (TPSA) is 131 Å². The van der Waals surface area contributed by atoms with Crippen molar-refractivity contribution in [3.05, 3.63) is 120 Å². The van der Waals surface area contributed by atoms with E-state index < -0.39 is 16.9 Å². The number of carbonyl (C=O) groups excluding carboxylic acids is 1. The number of methoxy groups -OCH3 is 1. The number of halogens is 2. The highest BCUT2D eigenvalue weighted by atomic mass is 127. The summed E-state index contributed by atoms with van der Waals surface area (Å²) < 4.78 is 26.6. The third kappa shape index (κ3) is 7.59. The van der Waals surface area contributed by atoms with Crippen molar-refractivity contribution < 1.29 is 28.7 Å². The molecule has 0 fully saturated rings. The van der Waals surface area contributed by atoms with Crippen LogP contribution in [0.5, 0.6) is 17.2 Å². The Kier molecular flexibility index (Phi) is 11.2. The van der Waals surface area contributed by atoms with Crippen LogP contribution in [0.2, 0.25) is 0 Å². The van der Waals surface area contributed by atoms with Crippen molar-refractivity contribution in [1.82, 2.24) is 4.57 Å². The molecule has 1 atom stereocenters. The predicted octanol–water partition coefficient (Wildman–Crippen LogP) is 6.29. The Morgan fingerprint density at radius 3 is 2.50 bits per heavy atom. The predicted molar refractivity (Wildman–Crippen MR) is 198 cm³/mol. The average Bonchev–Trinajstić information content (AvgIpc) is 3.33. The molecule has 250 valence electrons.